The molecule has 1 heterocycles. The predicted molar refractivity (Wildman–Crippen MR) is 107 cm³/mol. The third-order valence-electron chi connectivity index (χ3n) is 5.82. The Kier molecular flexibility index (Phi) is 7.17. The lowest BCUT2D eigenvalue weighted by Crippen LogP contribution is -2.20. The quantitative estimate of drug-likeness (QED) is 0.448. The van der Waals surface area contributed by atoms with Crippen molar-refractivity contribution < 1.29 is 17.9 Å². The van der Waals surface area contributed by atoms with Crippen LogP contribution in [0.4, 0.5) is 13.2 Å². The first kappa shape index (κ1) is 20.9. The van der Waals surface area contributed by atoms with Gasteiger partial charge >= 0.3 is 0 Å². The van der Waals surface area contributed by atoms with Gasteiger partial charge in [0, 0.05) is 11.1 Å². The SMILES string of the molecule is CCCCCc1ccc(-c2ccc(C3CCC(CC)CO3)c(F)c2)c(F)c1F. The summed E-state index contributed by atoms with van der Waals surface area (Å²) in [5, 5.41) is 0. The number of hydrogen-bond donors (Lipinski definition) is 0. The number of hydrogen-bond acceptors (Lipinski definition) is 1. The van der Waals surface area contributed by atoms with E-state index >= 15 is 0 Å². The summed E-state index contributed by atoms with van der Waals surface area (Å²) in [6.07, 6.45) is 5.95. The molecule has 2 aromatic carbocycles. The predicted octanol–water partition coefficient (Wildman–Crippen LogP) is 7.38. The first-order chi connectivity index (χ1) is 13.5. The average molecular weight is 390 g/mol. The number of halogens is 3. The lowest BCUT2D eigenvalue weighted by molar-refractivity contribution is -0.0198. The van der Waals surface area contributed by atoms with Crippen molar-refractivity contribution in [3.05, 3.63) is 58.9 Å². The van der Waals surface area contributed by atoms with Crippen LogP contribution in [-0.4, -0.2) is 6.61 Å². The molecule has 1 nitrogen and oxygen atoms in total. The molecule has 0 amide bonds. The van der Waals surface area contributed by atoms with Crippen LogP contribution in [0.15, 0.2) is 30.3 Å². The molecule has 0 bridgehead atoms. The zero-order valence-electron chi connectivity index (χ0n) is 16.7. The van der Waals surface area contributed by atoms with Gasteiger partial charge in [0.2, 0.25) is 0 Å². The molecule has 0 N–H and O–H groups in total. The standard InChI is InChI=1S/C24H29F3O/c1-3-5-6-7-17-9-11-19(24(27)23(17)26)18-10-12-20(21(25)14-18)22-13-8-16(4-2)15-28-22/h9-12,14,16,22H,3-8,13,15H2,1-2H3. The Labute approximate surface area is 165 Å². The van der Waals surface area contributed by atoms with Gasteiger partial charge < -0.3 is 4.74 Å². The minimum absolute atomic E-state index is 0.0952. The molecule has 4 heteroatoms. The number of benzene rings is 2. The van der Waals surface area contributed by atoms with Crippen LogP contribution in [-0.2, 0) is 11.2 Å². The van der Waals surface area contributed by atoms with E-state index in [4.69, 9.17) is 4.74 Å². The van der Waals surface area contributed by atoms with E-state index in [9.17, 15) is 13.2 Å². The average Bonchev–Trinajstić information content (AvgIpc) is 2.71. The number of rotatable bonds is 7. The molecule has 1 fully saturated rings. The van der Waals surface area contributed by atoms with E-state index in [1.54, 1.807) is 24.3 Å². The highest BCUT2D eigenvalue weighted by molar-refractivity contribution is 5.65. The van der Waals surface area contributed by atoms with Gasteiger partial charge in [-0.3, -0.25) is 0 Å². The summed E-state index contributed by atoms with van der Waals surface area (Å²) in [5.74, 6) is -1.61. The second-order valence-corrected chi connectivity index (χ2v) is 7.77. The van der Waals surface area contributed by atoms with Crippen LogP contribution in [0.1, 0.15) is 69.6 Å². The maximum Gasteiger partial charge on any atom is 0.166 e. The molecule has 0 aliphatic carbocycles. The van der Waals surface area contributed by atoms with E-state index in [2.05, 4.69) is 13.8 Å². The van der Waals surface area contributed by atoms with Gasteiger partial charge in [0.05, 0.1) is 12.7 Å². The fourth-order valence-electron chi connectivity index (χ4n) is 3.90. The molecule has 2 atom stereocenters. The topological polar surface area (TPSA) is 9.23 Å². The van der Waals surface area contributed by atoms with Gasteiger partial charge in [0.1, 0.15) is 5.82 Å². The van der Waals surface area contributed by atoms with Crippen LogP contribution in [0.3, 0.4) is 0 Å². The summed E-state index contributed by atoms with van der Waals surface area (Å²) in [6.45, 7) is 4.84. The maximum atomic E-state index is 14.7. The van der Waals surface area contributed by atoms with Crippen molar-refractivity contribution in [2.45, 2.75) is 64.9 Å². The van der Waals surface area contributed by atoms with E-state index < -0.39 is 17.5 Å². The van der Waals surface area contributed by atoms with E-state index in [0.29, 0.717) is 35.6 Å². The second kappa shape index (κ2) is 9.60. The molecule has 0 spiro atoms. The fraction of sp³-hybridized carbons (Fsp3) is 0.500. The van der Waals surface area contributed by atoms with Crippen LogP contribution >= 0.6 is 0 Å². The van der Waals surface area contributed by atoms with Crippen molar-refractivity contribution in [2.75, 3.05) is 6.61 Å². The molecular formula is C24H29F3O. The van der Waals surface area contributed by atoms with E-state index in [0.717, 1.165) is 38.5 Å². The molecule has 1 saturated heterocycles. The van der Waals surface area contributed by atoms with Gasteiger partial charge in [-0.15, -0.1) is 0 Å². The highest BCUT2D eigenvalue weighted by atomic mass is 19.2. The molecule has 2 aromatic rings. The van der Waals surface area contributed by atoms with Gasteiger partial charge in [-0.25, -0.2) is 13.2 Å². The third-order valence-corrected chi connectivity index (χ3v) is 5.82. The number of unbranched alkanes of at least 4 members (excludes halogenated alkanes) is 2. The van der Waals surface area contributed by atoms with Crippen molar-refractivity contribution in [1.82, 2.24) is 0 Å². The fourth-order valence-corrected chi connectivity index (χ4v) is 3.90. The van der Waals surface area contributed by atoms with E-state index in [1.807, 2.05) is 0 Å². The Hall–Kier alpha value is -1.81. The molecular weight excluding hydrogens is 361 g/mol. The summed E-state index contributed by atoms with van der Waals surface area (Å²) in [7, 11) is 0. The van der Waals surface area contributed by atoms with Crippen molar-refractivity contribution in [2.24, 2.45) is 5.92 Å². The number of aryl methyl sites for hydroxylation is 1. The van der Waals surface area contributed by atoms with E-state index in [-0.39, 0.29) is 11.7 Å². The van der Waals surface area contributed by atoms with Gasteiger partial charge in [0.15, 0.2) is 11.6 Å². The second-order valence-electron chi connectivity index (χ2n) is 7.77. The highest BCUT2D eigenvalue weighted by Gasteiger charge is 2.25. The Bertz CT molecular complexity index is 795. The summed E-state index contributed by atoms with van der Waals surface area (Å²) < 4.78 is 49.6. The van der Waals surface area contributed by atoms with E-state index in [1.165, 1.54) is 6.07 Å². The van der Waals surface area contributed by atoms with Gasteiger partial charge in [-0.05, 0) is 48.8 Å². The Morgan fingerprint density at radius 1 is 0.964 bits per heavy atom. The Morgan fingerprint density at radius 2 is 1.79 bits per heavy atom. The van der Waals surface area contributed by atoms with Crippen LogP contribution in [0.25, 0.3) is 11.1 Å². The van der Waals surface area contributed by atoms with Gasteiger partial charge in [-0.1, -0.05) is 57.4 Å². The first-order valence-electron chi connectivity index (χ1n) is 10.4. The summed E-state index contributed by atoms with van der Waals surface area (Å²) in [6, 6.07) is 7.76. The smallest absolute Gasteiger partial charge is 0.166 e. The first-order valence-corrected chi connectivity index (χ1v) is 10.4. The molecule has 0 radical (unpaired) electrons. The van der Waals surface area contributed by atoms with Crippen molar-refractivity contribution in [1.29, 1.82) is 0 Å². The Morgan fingerprint density at radius 3 is 2.43 bits per heavy atom. The van der Waals surface area contributed by atoms with Crippen molar-refractivity contribution >= 4 is 0 Å². The van der Waals surface area contributed by atoms with Crippen LogP contribution in [0.5, 0.6) is 0 Å². The normalized spacial score (nSPS) is 19.8. The Balaban J connectivity index is 1.79. The van der Waals surface area contributed by atoms with Gasteiger partial charge in [0.25, 0.3) is 0 Å². The molecule has 0 aromatic heterocycles. The summed E-state index contributed by atoms with van der Waals surface area (Å²) in [4.78, 5) is 0. The molecule has 2 unspecified atom stereocenters. The zero-order valence-corrected chi connectivity index (χ0v) is 16.7. The summed E-state index contributed by atoms with van der Waals surface area (Å²) >= 11 is 0. The largest absolute Gasteiger partial charge is 0.373 e. The molecule has 1 aliphatic rings. The lowest BCUT2D eigenvalue weighted by atomic mass is 9.92. The molecule has 3 rings (SSSR count). The van der Waals surface area contributed by atoms with Crippen molar-refractivity contribution in [3.8, 4) is 11.1 Å². The van der Waals surface area contributed by atoms with Crippen LogP contribution in [0.2, 0.25) is 0 Å². The van der Waals surface area contributed by atoms with Crippen LogP contribution < -0.4 is 0 Å². The number of ether oxygens (including phenoxy) is 1. The molecule has 0 saturated carbocycles. The lowest BCUT2D eigenvalue weighted by Gasteiger charge is -2.29. The van der Waals surface area contributed by atoms with Crippen LogP contribution in [0, 0.1) is 23.4 Å². The highest BCUT2D eigenvalue weighted by Crippen LogP contribution is 2.35. The summed E-state index contributed by atoms with van der Waals surface area (Å²) in [5.41, 5.74) is 1.32. The molecule has 28 heavy (non-hydrogen) atoms. The van der Waals surface area contributed by atoms with Gasteiger partial charge in [-0.2, -0.15) is 0 Å². The zero-order chi connectivity index (χ0) is 20.1. The monoisotopic (exact) mass is 390 g/mol. The van der Waals surface area contributed by atoms with Crippen molar-refractivity contribution in [3.63, 3.8) is 0 Å². The molecule has 152 valence electrons. The molecule has 1 aliphatic heterocycles. The third kappa shape index (κ3) is 4.60. The minimum atomic E-state index is -0.902. The minimum Gasteiger partial charge on any atom is -0.373 e. The maximum absolute atomic E-state index is 14.7.